The molecule has 2 aliphatic rings. The van der Waals surface area contributed by atoms with Gasteiger partial charge in [-0.05, 0) is 17.7 Å². The van der Waals surface area contributed by atoms with Gasteiger partial charge in [-0.15, -0.1) is 0 Å². The van der Waals surface area contributed by atoms with Crippen LogP contribution in [0.25, 0.3) is 0 Å². The first-order valence-corrected chi connectivity index (χ1v) is 4.84. The highest BCUT2D eigenvalue weighted by Gasteiger charge is 2.37. The van der Waals surface area contributed by atoms with Gasteiger partial charge < -0.3 is 14.6 Å². The van der Waals surface area contributed by atoms with E-state index in [1.165, 1.54) is 0 Å². The smallest absolute Gasteiger partial charge is 0.231 e. The predicted octanol–water partition coefficient (Wildman–Crippen LogP) is 1.28. The number of benzene rings is 1. The zero-order chi connectivity index (χ0) is 10.6. The van der Waals surface area contributed by atoms with E-state index in [1.54, 1.807) is 19.1 Å². The average Bonchev–Trinajstić information content (AvgIpc) is 2.77. The predicted molar refractivity (Wildman–Crippen MR) is 51.0 cm³/mol. The first-order chi connectivity index (χ1) is 7.18. The molecule has 0 amide bonds. The van der Waals surface area contributed by atoms with Crippen LogP contribution in [-0.4, -0.2) is 17.7 Å². The highest BCUT2D eigenvalue weighted by molar-refractivity contribution is 6.03. The Morgan fingerprint density at radius 1 is 1.33 bits per heavy atom. The fourth-order valence-electron chi connectivity index (χ4n) is 2.07. The fourth-order valence-corrected chi connectivity index (χ4v) is 2.07. The minimum Gasteiger partial charge on any atom is -0.454 e. The summed E-state index contributed by atoms with van der Waals surface area (Å²) in [7, 11) is 0. The van der Waals surface area contributed by atoms with E-state index in [9.17, 15) is 9.90 Å². The van der Waals surface area contributed by atoms with E-state index in [2.05, 4.69) is 0 Å². The average molecular weight is 206 g/mol. The molecule has 2 atom stereocenters. The van der Waals surface area contributed by atoms with Crippen LogP contribution < -0.4 is 9.47 Å². The van der Waals surface area contributed by atoms with Gasteiger partial charge in [0.25, 0.3) is 0 Å². The van der Waals surface area contributed by atoms with E-state index >= 15 is 0 Å². The molecule has 0 fully saturated rings. The van der Waals surface area contributed by atoms with E-state index in [0.717, 1.165) is 0 Å². The number of hydrogen-bond acceptors (Lipinski definition) is 4. The third kappa shape index (κ3) is 1.02. The highest BCUT2D eigenvalue weighted by atomic mass is 16.7. The summed E-state index contributed by atoms with van der Waals surface area (Å²) < 4.78 is 10.4. The van der Waals surface area contributed by atoms with Crippen LogP contribution in [-0.2, 0) is 0 Å². The van der Waals surface area contributed by atoms with Crippen molar-refractivity contribution in [1.82, 2.24) is 0 Å². The van der Waals surface area contributed by atoms with Gasteiger partial charge in [-0.2, -0.15) is 0 Å². The lowest BCUT2D eigenvalue weighted by atomic mass is 10.1. The quantitative estimate of drug-likeness (QED) is 0.694. The Morgan fingerprint density at radius 3 is 2.73 bits per heavy atom. The van der Waals surface area contributed by atoms with E-state index in [0.29, 0.717) is 22.6 Å². The van der Waals surface area contributed by atoms with Gasteiger partial charge in [0.1, 0.15) is 0 Å². The summed E-state index contributed by atoms with van der Waals surface area (Å²) in [4.78, 5) is 11.8. The highest BCUT2D eigenvalue weighted by Crippen LogP contribution is 2.43. The molecule has 15 heavy (non-hydrogen) atoms. The number of aliphatic hydroxyl groups is 1. The summed E-state index contributed by atoms with van der Waals surface area (Å²) in [5.74, 6) is 0.788. The van der Waals surface area contributed by atoms with Crippen LogP contribution in [0.5, 0.6) is 11.5 Å². The number of fused-ring (bicyclic) bond motifs is 2. The van der Waals surface area contributed by atoms with Gasteiger partial charge in [0.05, 0.1) is 6.10 Å². The van der Waals surface area contributed by atoms with E-state index in [4.69, 9.17) is 9.47 Å². The molecule has 1 aliphatic heterocycles. The second kappa shape index (κ2) is 2.73. The molecule has 1 aliphatic carbocycles. The van der Waals surface area contributed by atoms with Crippen molar-refractivity contribution in [3.63, 3.8) is 0 Å². The zero-order valence-electron chi connectivity index (χ0n) is 8.19. The minimum absolute atomic E-state index is 0.0317. The summed E-state index contributed by atoms with van der Waals surface area (Å²) in [6, 6.07) is 3.36. The van der Waals surface area contributed by atoms with Crippen LogP contribution in [0.2, 0.25) is 0 Å². The molecule has 1 N–H and O–H groups in total. The number of hydrogen-bond donors (Lipinski definition) is 1. The summed E-state index contributed by atoms with van der Waals surface area (Å²) in [5.41, 5.74) is 1.20. The number of ketones is 1. The molecule has 4 heteroatoms. The fraction of sp³-hybridized carbons (Fsp3) is 0.364. The van der Waals surface area contributed by atoms with Gasteiger partial charge >= 0.3 is 0 Å². The molecule has 0 aromatic heterocycles. The van der Waals surface area contributed by atoms with Crippen molar-refractivity contribution in [2.75, 3.05) is 6.79 Å². The van der Waals surface area contributed by atoms with Crippen molar-refractivity contribution < 1.29 is 19.4 Å². The number of Topliss-reactive ketones (excluding diaryl/α,β-unsaturated/α-hetero) is 1. The molecular formula is C11H10O4. The van der Waals surface area contributed by atoms with Crippen molar-refractivity contribution in [3.8, 4) is 11.5 Å². The second-order valence-electron chi connectivity index (χ2n) is 3.89. The SMILES string of the molecule is CC1C(=O)c2cc3c(cc2C1O)OCO3. The Morgan fingerprint density at radius 2 is 2.00 bits per heavy atom. The van der Waals surface area contributed by atoms with Crippen LogP contribution in [0.4, 0.5) is 0 Å². The molecule has 0 saturated heterocycles. The zero-order valence-corrected chi connectivity index (χ0v) is 8.19. The summed E-state index contributed by atoms with van der Waals surface area (Å²) in [6.07, 6.45) is -0.720. The minimum atomic E-state index is -0.720. The van der Waals surface area contributed by atoms with Gasteiger partial charge in [-0.3, -0.25) is 4.79 Å². The van der Waals surface area contributed by atoms with Crippen molar-refractivity contribution in [2.24, 2.45) is 5.92 Å². The molecule has 1 aromatic carbocycles. The molecule has 3 rings (SSSR count). The number of aliphatic hydroxyl groups excluding tert-OH is 1. The van der Waals surface area contributed by atoms with Gasteiger partial charge in [0.2, 0.25) is 6.79 Å². The maximum atomic E-state index is 11.8. The van der Waals surface area contributed by atoms with E-state index in [-0.39, 0.29) is 18.5 Å². The molecular weight excluding hydrogens is 196 g/mol. The van der Waals surface area contributed by atoms with Crippen LogP contribution >= 0.6 is 0 Å². The molecule has 4 nitrogen and oxygen atoms in total. The van der Waals surface area contributed by atoms with Crippen LogP contribution in [0.1, 0.15) is 28.9 Å². The number of carbonyl (C=O) groups excluding carboxylic acids is 1. The lowest BCUT2D eigenvalue weighted by Crippen LogP contribution is -2.08. The summed E-state index contributed by atoms with van der Waals surface area (Å²) in [5, 5.41) is 9.83. The molecule has 0 saturated carbocycles. The Balaban J connectivity index is 2.20. The van der Waals surface area contributed by atoms with Gasteiger partial charge in [0.15, 0.2) is 17.3 Å². The van der Waals surface area contributed by atoms with Crippen molar-refractivity contribution >= 4 is 5.78 Å². The third-order valence-electron chi connectivity index (χ3n) is 3.02. The maximum Gasteiger partial charge on any atom is 0.231 e. The monoisotopic (exact) mass is 206 g/mol. The Bertz CT molecular complexity index is 452. The van der Waals surface area contributed by atoms with Gasteiger partial charge in [-0.25, -0.2) is 0 Å². The lowest BCUT2D eigenvalue weighted by Gasteiger charge is -2.06. The molecule has 1 aromatic rings. The van der Waals surface area contributed by atoms with Crippen LogP contribution in [0.15, 0.2) is 12.1 Å². The second-order valence-corrected chi connectivity index (χ2v) is 3.89. The number of ether oxygens (including phenoxy) is 2. The van der Waals surface area contributed by atoms with Crippen LogP contribution in [0.3, 0.4) is 0 Å². The first kappa shape index (κ1) is 8.73. The molecule has 0 bridgehead atoms. The van der Waals surface area contributed by atoms with Crippen LogP contribution in [0, 0.1) is 5.92 Å². The Labute approximate surface area is 86.4 Å². The molecule has 0 radical (unpaired) electrons. The maximum absolute atomic E-state index is 11.8. The molecule has 2 unspecified atom stereocenters. The standard InChI is InChI=1S/C11H10O4/c1-5-10(12)6-2-8-9(15-4-14-8)3-7(6)11(5)13/h2-3,5,10,12H,4H2,1H3. The van der Waals surface area contributed by atoms with Crippen molar-refractivity contribution in [1.29, 1.82) is 0 Å². The van der Waals surface area contributed by atoms with Gasteiger partial charge in [-0.1, -0.05) is 6.92 Å². The molecule has 1 heterocycles. The Kier molecular flexibility index (Phi) is 1.59. The topological polar surface area (TPSA) is 55.8 Å². The number of rotatable bonds is 0. The van der Waals surface area contributed by atoms with Crippen molar-refractivity contribution in [2.45, 2.75) is 13.0 Å². The van der Waals surface area contributed by atoms with Gasteiger partial charge in [0, 0.05) is 11.5 Å². The third-order valence-corrected chi connectivity index (χ3v) is 3.02. The lowest BCUT2D eigenvalue weighted by molar-refractivity contribution is 0.0789. The first-order valence-electron chi connectivity index (χ1n) is 4.84. The molecule has 78 valence electrons. The largest absolute Gasteiger partial charge is 0.454 e. The summed E-state index contributed by atoms with van der Waals surface area (Å²) >= 11 is 0. The summed E-state index contributed by atoms with van der Waals surface area (Å²) in [6.45, 7) is 1.90. The molecule has 0 spiro atoms. The normalized spacial score (nSPS) is 26.9. The van der Waals surface area contributed by atoms with Crippen molar-refractivity contribution in [3.05, 3.63) is 23.3 Å². The number of carbonyl (C=O) groups is 1. The van der Waals surface area contributed by atoms with E-state index < -0.39 is 6.10 Å². The van der Waals surface area contributed by atoms with E-state index in [1.807, 2.05) is 0 Å². The Hall–Kier alpha value is -1.55.